The van der Waals surface area contributed by atoms with Crippen molar-refractivity contribution in [3.8, 4) is 0 Å². The maximum absolute atomic E-state index is 11.0. The number of benzene rings is 1. The second-order valence-electron chi connectivity index (χ2n) is 3.84. The maximum atomic E-state index is 11.0. The first-order valence-corrected chi connectivity index (χ1v) is 5.45. The molecule has 1 rings (SSSR count). The van der Waals surface area contributed by atoms with E-state index < -0.39 is 0 Å². The van der Waals surface area contributed by atoms with E-state index in [4.69, 9.17) is 0 Å². The zero-order chi connectivity index (χ0) is 11.1. The zero-order valence-electron chi connectivity index (χ0n) is 9.49. The van der Waals surface area contributed by atoms with Crippen molar-refractivity contribution >= 4 is 6.29 Å². The highest BCUT2D eigenvalue weighted by Gasteiger charge is 2.02. The Morgan fingerprint density at radius 1 is 1.27 bits per heavy atom. The Kier molecular flexibility index (Phi) is 4.82. The minimum atomic E-state index is 0.760. The summed E-state index contributed by atoms with van der Waals surface area (Å²) in [7, 11) is 0. The summed E-state index contributed by atoms with van der Waals surface area (Å²) >= 11 is 0. The second-order valence-corrected chi connectivity index (χ2v) is 3.84. The van der Waals surface area contributed by atoms with Crippen LogP contribution in [0.3, 0.4) is 0 Å². The molecule has 0 heterocycles. The lowest BCUT2D eigenvalue weighted by molar-refractivity contribution is -0.105. The van der Waals surface area contributed by atoms with Gasteiger partial charge in [-0.25, -0.2) is 0 Å². The molecule has 0 aliphatic heterocycles. The van der Waals surface area contributed by atoms with Gasteiger partial charge in [-0.1, -0.05) is 49.2 Å². The third-order valence-corrected chi connectivity index (χ3v) is 2.55. The first kappa shape index (κ1) is 11.7. The van der Waals surface area contributed by atoms with E-state index in [1.165, 1.54) is 11.1 Å². The zero-order valence-corrected chi connectivity index (χ0v) is 9.49. The summed E-state index contributed by atoms with van der Waals surface area (Å²) in [6, 6.07) is 10.1. The number of aldehydes is 1. The summed E-state index contributed by atoms with van der Waals surface area (Å²) in [5.74, 6) is 0. The normalized spacial score (nSPS) is 12.1. The van der Waals surface area contributed by atoms with Crippen LogP contribution in [0.15, 0.2) is 41.5 Å². The van der Waals surface area contributed by atoms with E-state index >= 15 is 0 Å². The second kappa shape index (κ2) is 6.18. The molecule has 0 N–H and O–H groups in total. The maximum Gasteiger partial charge on any atom is 0.146 e. The highest BCUT2D eigenvalue weighted by Crippen LogP contribution is 2.14. The summed E-state index contributed by atoms with van der Waals surface area (Å²) in [4.78, 5) is 11.0. The third-order valence-electron chi connectivity index (χ3n) is 2.55. The van der Waals surface area contributed by atoms with Gasteiger partial charge in [0.25, 0.3) is 0 Å². The predicted molar refractivity (Wildman–Crippen MR) is 63.8 cm³/mol. The molecule has 0 aliphatic carbocycles. The molecule has 0 unspecified atom stereocenters. The van der Waals surface area contributed by atoms with Gasteiger partial charge in [-0.3, -0.25) is 4.79 Å². The molecule has 0 saturated carbocycles. The molecule has 1 heteroatoms. The molecule has 80 valence electrons. The molecule has 0 bridgehead atoms. The average Bonchev–Trinajstić information content (AvgIpc) is 2.27. The molecule has 0 spiro atoms. The smallest absolute Gasteiger partial charge is 0.146 e. The van der Waals surface area contributed by atoms with E-state index in [9.17, 15) is 4.79 Å². The first-order chi connectivity index (χ1) is 7.27. The number of carbonyl (C=O) groups is 1. The van der Waals surface area contributed by atoms with Crippen molar-refractivity contribution in [2.75, 3.05) is 0 Å². The SMILES string of the molecule is CCC/C(C)=C(\C=O)Cc1ccccc1. The van der Waals surface area contributed by atoms with Crippen LogP contribution in [0.4, 0.5) is 0 Å². The molecule has 1 aromatic rings. The molecule has 0 aromatic heterocycles. The summed E-state index contributed by atoms with van der Waals surface area (Å²) in [6.07, 6.45) is 3.87. The fourth-order valence-corrected chi connectivity index (χ4v) is 1.64. The van der Waals surface area contributed by atoms with Crippen LogP contribution in [-0.4, -0.2) is 6.29 Å². The molecular weight excluding hydrogens is 184 g/mol. The number of hydrogen-bond donors (Lipinski definition) is 0. The molecule has 1 nitrogen and oxygen atoms in total. The van der Waals surface area contributed by atoms with Gasteiger partial charge in [0, 0.05) is 6.42 Å². The van der Waals surface area contributed by atoms with Gasteiger partial charge < -0.3 is 0 Å². The van der Waals surface area contributed by atoms with Crippen molar-refractivity contribution in [2.24, 2.45) is 0 Å². The lowest BCUT2D eigenvalue weighted by Gasteiger charge is -2.05. The molecular formula is C14H18O. The van der Waals surface area contributed by atoms with Gasteiger partial charge in [0.2, 0.25) is 0 Å². The molecule has 0 amide bonds. The Bertz CT molecular complexity index is 336. The Labute approximate surface area is 91.8 Å². The highest BCUT2D eigenvalue weighted by atomic mass is 16.1. The lowest BCUT2D eigenvalue weighted by Crippen LogP contribution is -1.96. The van der Waals surface area contributed by atoms with Crippen LogP contribution in [0.1, 0.15) is 32.3 Å². The van der Waals surface area contributed by atoms with Crippen LogP contribution in [-0.2, 0) is 11.2 Å². The number of allylic oxidation sites excluding steroid dienone is 2. The van der Waals surface area contributed by atoms with Gasteiger partial charge in [0.05, 0.1) is 0 Å². The molecule has 0 radical (unpaired) electrons. The average molecular weight is 202 g/mol. The van der Waals surface area contributed by atoms with Crippen molar-refractivity contribution in [3.63, 3.8) is 0 Å². The monoisotopic (exact) mass is 202 g/mol. The fourth-order valence-electron chi connectivity index (χ4n) is 1.64. The predicted octanol–water partition coefficient (Wildman–Crippen LogP) is 3.54. The lowest BCUT2D eigenvalue weighted by atomic mass is 9.99. The van der Waals surface area contributed by atoms with Gasteiger partial charge in [-0.15, -0.1) is 0 Å². The fraction of sp³-hybridized carbons (Fsp3) is 0.357. The molecule has 0 saturated heterocycles. The van der Waals surface area contributed by atoms with E-state index in [0.29, 0.717) is 0 Å². The molecule has 0 atom stereocenters. The molecule has 15 heavy (non-hydrogen) atoms. The van der Waals surface area contributed by atoms with Crippen LogP contribution in [0.25, 0.3) is 0 Å². The third kappa shape index (κ3) is 3.70. The molecule has 0 aliphatic rings. The molecule has 1 aromatic carbocycles. The van der Waals surface area contributed by atoms with Gasteiger partial charge in [-0.2, -0.15) is 0 Å². The minimum absolute atomic E-state index is 0.760. The van der Waals surface area contributed by atoms with E-state index in [2.05, 4.69) is 26.0 Å². The Balaban J connectivity index is 2.78. The number of hydrogen-bond acceptors (Lipinski definition) is 1. The van der Waals surface area contributed by atoms with E-state index in [1.54, 1.807) is 0 Å². The van der Waals surface area contributed by atoms with E-state index in [1.807, 2.05) is 18.2 Å². The van der Waals surface area contributed by atoms with Crippen molar-refractivity contribution in [2.45, 2.75) is 33.1 Å². The van der Waals surface area contributed by atoms with Crippen LogP contribution in [0.5, 0.6) is 0 Å². The summed E-state index contributed by atoms with van der Waals surface area (Å²) < 4.78 is 0. The summed E-state index contributed by atoms with van der Waals surface area (Å²) in [5.41, 5.74) is 3.36. The Morgan fingerprint density at radius 2 is 1.93 bits per heavy atom. The largest absolute Gasteiger partial charge is 0.298 e. The van der Waals surface area contributed by atoms with Crippen LogP contribution >= 0.6 is 0 Å². The quantitative estimate of drug-likeness (QED) is 0.527. The summed E-state index contributed by atoms with van der Waals surface area (Å²) in [6.45, 7) is 4.19. The van der Waals surface area contributed by atoms with Crippen molar-refractivity contribution in [3.05, 3.63) is 47.0 Å². The van der Waals surface area contributed by atoms with Gasteiger partial charge in [0.1, 0.15) is 6.29 Å². The Hall–Kier alpha value is -1.37. The first-order valence-electron chi connectivity index (χ1n) is 5.45. The topological polar surface area (TPSA) is 17.1 Å². The minimum Gasteiger partial charge on any atom is -0.298 e. The van der Waals surface area contributed by atoms with Gasteiger partial charge in [-0.05, 0) is 24.5 Å². The van der Waals surface area contributed by atoms with Crippen molar-refractivity contribution < 1.29 is 4.79 Å². The van der Waals surface area contributed by atoms with E-state index in [-0.39, 0.29) is 0 Å². The van der Waals surface area contributed by atoms with Crippen molar-refractivity contribution in [1.82, 2.24) is 0 Å². The van der Waals surface area contributed by atoms with Crippen LogP contribution in [0.2, 0.25) is 0 Å². The van der Waals surface area contributed by atoms with E-state index in [0.717, 1.165) is 31.1 Å². The van der Waals surface area contributed by atoms with Gasteiger partial charge in [0.15, 0.2) is 0 Å². The van der Waals surface area contributed by atoms with Crippen LogP contribution < -0.4 is 0 Å². The highest BCUT2D eigenvalue weighted by molar-refractivity contribution is 5.75. The van der Waals surface area contributed by atoms with Crippen LogP contribution in [0, 0.1) is 0 Å². The van der Waals surface area contributed by atoms with Gasteiger partial charge >= 0.3 is 0 Å². The Morgan fingerprint density at radius 3 is 2.47 bits per heavy atom. The number of rotatable bonds is 5. The standard InChI is InChI=1S/C14H18O/c1-3-7-12(2)14(11-15)10-13-8-5-4-6-9-13/h4-6,8-9,11H,3,7,10H2,1-2H3/b14-12-. The molecule has 0 fully saturated rings. The van der Waals surface area contributed by atoms with Crippen molar-refractivity contribution in [1.29, 1.82) is 0 Å². The summed E-state index contributed by atoms with van der Waals surface area (Å²) in [5, 5.41) is 0. The number of carbonyl (C=O) groups excluding carboxylic acids is 1.